The first-order valence-electron chi connectivity index (χ1n) is 9.20. The van der Waals surface area contributed by atoms with E-state index in [1.807, 2.05) is 25.1 Å². The van der Waals surface area contributed by atoms with E-state index in [-0.39, 0.29) is 29.7 Å². The van der Waals surface area contributed by atoms with Crippen molar-refractivity contribution in [1.82, 2.24) is 10.6 Å². The number of rotatable bonds is 10. The summed E-state index contributed by atoms with van der Waals surface area (Å²) in [6.07, 6.45) is 1.82. The normalized spacial score (nSPS) is 10.8. The van der Waals surface area contributed by atoms with Gasteiger partial charge in [0, 0.05) is 13.6 Å². The van der Waals surface area contributed by atoms with Crippen molar-refractivity contribution in [3.8, 4) is 11.5 Å². The van der Waals surface area contributed by atoms with Gasteiger partial charge in [-0.1, -0.05) is 6.07 Å². The van der Waals surface area contributed by atoms with Crippen LogP contribution >= 0.6 is 24.0 Å². The van der Waals surface area contributed by atoms with Crippen LogP contribution in [0.5, 0.6) is 11.5 Å². The number of aryl methyl sites for hydroxylation is 1. The fourth-order valence-corrected chi connectivity index (χ4v) is 2.64. The molecule has 0 spiro atoms. The smallest absolute Gasteiger partial charge is 0.284 e. The van der Waals surface area contributed by atoms with Gasteiger partial charge in [-0.05, 0) is 49.6 Å². The van der Waals surface area contributed by atoms with Crippen molar-refractivity contribution in [2.45, 2.75) is 26.3 Å². The molecule has 0 radical (unpaired) electrons. The lowest BCUT2D eigenvalue weighted by atomic mass is 10.1. The second-order valence-corrected chi connectivity index (χ2v) is 6.00. The summed E-state index contributed by atoms with van der Waals surface area (Å²) in [6.45, 7) is 3.70. The van der Waals surface area contributed by atoms with E-state index in [0.717, 1.165) is 30.9 Å². The summed E-state index contributed by atoms with van der Waals surface area (Å²) in [4.78, 5) is 15.2. The van der Waals surface area contributed by atoms with Crippen LogP contribution in [0.4, 0.5) is 0 Å². The molecule has 0 fully saturated rings. The molecule has 0 saturated heterocycles. The Morgan fingerprint density at radius 3 is 2.62 bits per heavy atom. The maximum atomic E-state index is 11.1. The first-order chi connectivity index (χ1) is 13.6. The van der Waals surface area contributed by atoms with Crippen molar-refractivity contribution in [1.29, 1.82) is 0 Å². The van der Waals surface area contributed by atoms with Gasteiger partial charge in [0.2, 0.25) is 0 Å². The molecule has 1 aromatic heterocycles. The third kappa shape index (κ3) is 7.84. The van der Waals surface area contributed by atoms with Crippen molar-refractivity contribution in [3.63, 3.8) is 0 Å². The van der Waals surface area contributed by atoms with Gasteiger partial charge in [0.1, 0.15) is 5.76 Å². The molecule has 160 valence electrons. The molecule has 0 aliphatic rings. The molecule has 9 heteroatoms. The summed E-state index contributed by atoms with van der Waals surface area (Å²) < 4.78 is 16.3. The molecule has 0 aliphatic heterocycles. The molecule has 0 saturated carbocycles. The highest BCUT2D eigenvalue weighted by Gasteiger charge is 2.08. The number of aliphatic imine (C=N–C) groups is 1. The summed E-state index contributed by atoms with van der Waals surface area (Å²) in [6, 6.07) is 9.25. The summed E-state index contributed by atoms with van der Waals surface area (Å²) in [5, 5.41) is 6.39. The topological polar surface area (TPSA) is 111 Å². The standard InChI is InChI=1S/C20H28N4O4.HI/c1-4-27-18-12-14(7-9-16(18)26-3)6-5-11-23-20(22-2)24-13-15-8-10-17(28-15)19(21)25;/h7-10,12H,4-6,11,13H2,1-3H3,(H2,21,25)(H2,22,23,24);1H. The van der Waals surface area contributed by atoms with Gasteiger partial charge in [-0.25, -0.2) is 0 Å². The Bertz CT molecular complexity index is 808. The van der Waals surface area contributed by atoms with Gasteiger partial charge >= 0.3 is 0 Å². The summed E-state index contributed by atoms with van der Waals surface area (Å²) in [5.74, 6) is 2.33. The molecular weight excluding hydrogens is 487 g/mol. The quantitative estimate of drug-likeness (QED) is 0.194. The van der Waals surface area contributed by atoms with Gasteiger partial charge in [0.25, 0.3) is 5.91 Å². The average Bonchev–Trinajstić information content (AvgIpc) is 3.17. The second kappa shape index (κ2) is 12.9. The van der Waals surface area contributed by atoms with E-state index in [9.17, 15) is 4.79 Å². The van der Waals surface area contributed by atoms with Crippen molar-refractivity contribution in [2.75, 3.05) is 27.3 Å². The van der Waals surface area contributed by atoms with Crippen LogP contribution in [0.1, 0.15) is 35.2 Å². The SMILES string of the molecule is CCOc1cc(CCCNC(=NC)NCc2ccc(C(N)=O)o2)ccc1OC.I. The Morgan fingerprint density at radius 1 is 1.21 bits per heavy atom. The van der Waals surface area contributed by atoms with Crippen LogP contribution in [0.2, 0.25) is 0 Å². The van der Waals surface area contributed by atoms with E-state index < -0.39 is 5.91 Å². The molecule has 1 aromatic carbocycles. The van der Waals surface area contributed by atoms with Crippen LogP contribution in [0.3, 0.4) is 0 Å². The van der Waals surface area contributed by atoms with Gasteiger partial charge in [-0.15, -0.1) is 24.0 Å². The van der Waals surface area contributed by atoms with E-state index >= 15 is 0 Å². The molecule has 2 aromatic rings. The zero-order valence-corrected chi connectivity index (χ0v) is 19.3. The number of nitrogens with two attached hydrogens (primary N) is 1. The number of amides is 1. The largest absolute Gasteiger partial charge is 0.493 e. The molecule has 29 heavy (non-hydrogen) atoms. The third-order valence-corrected chi connectivity index (χ3v) is 4.02. The maximum absolute atomic E-state index is 11.1. The molecule has 2 rings (SSSR count). The zero-order valence-electron chi connectivity index (χ0n) is 17.0. The van der Waals surface area contributed by atoms with Crippen LogP contribution < -0.4 is 25.8 Å². The molecule has 0 aliphatic carbocycles. The van der Waals surface area contributed by atoms with Crippen LogP contribution in [0, 0.1) is 0 Å². The fourth-order valence-electron chi connectivity index (χ4n) is 2.64. The van der Waals surface area contributed by atoms with Crippen molar-refractivity contribution in [3.05, 3.63) is 47.4 Å². The minimum Gasteiger partial charge on any atom is -0.493 e. The second-order valence-electron chi connectivity index (χ2n) is 6.00. The van der Waals surface area contributed by atoms with E-state index in [0.29, 0.717) is 24.9 Å². The molecule has 0 unspecified atom stereocenters. The van der Waals surface area contributed by atoms with Crippen molar-refractivity contribution >= 4 is 35.8 Å². The molecule has 1 amide bonds. The Balaban J connectivity index is 0.00000420. The van der Waals surface area contributed by atoms with Crippen LogP contribution in [-0.2, 0) is 13.0 Å². The minimum atomic E-state index is -0.584. The molecule has 4 N–H and O–H groups in total. The Kier molecular flexibility index (Phi) is 11.0. The van der Waals surface area contributed by atoms with Gasteiger partial charge in [0.05, 0.1) is 20.3 Å². The van der Waals surface area contributed by atoms with Gasteiger partial charge in [0.15, 0.2) is 23.2 Å². The van der Waals surface area contributed by atoms with Crippen LogP contribution in [-0.4, -0.2) is 39.2 Å². The molecule has 8 nitrogen and oxygen atoms in total. The lowest BCUT2D eigenvalue weighted by Crippen LogP contribution is -2.37. The number of benzene rings is 1. The van der Waals surface area contributed by atoms with Gasteiger partial charge in [-0.2, -0.15) is 0 Å². The number of nitrogens with zero attached hydrogens (tertiary/aromatic N) is 1. The maximum Gasteiger partial charge on any atom is 0.284 e. The number of carbonyl (C=O) groups is 1. The van der Waals surface area contributed by atoms with E-state index in [1.165, 1.54) is 5.56 Å². The predicted octanol–water partition coefficient (Wildman–Crippen LogP) is 2.70. The van der Waals surface area contributed by atoms with E-state index in [4.69, 9.17) is 19.6 Å². The Hall–Kier alpha value is -2.43. The first-order valence-corrected chi connectivity index (χ1v) is 9.20. The van der Waals surface area contributed by atoms with Crippen LogP contribution in [0.15, 0.2) is 39.7 Å². The Morgan fingerprint density at radius 2 is 2.00 bits per heavy atom. The Labute approximate surface area is 188 Å². The number of furan rings is 1. The summed E-state index contributed by atoms with van der Waals surface area (Å²) in [7, 11) is 3.33. The number of ether oxygens (including phenoxy) is 2. The monoisotopic (exact) mass is 516 g/mol. The van der Waals surface area contributed by atoms with E-state index in [1.54, 1.807) is 26.3 Å². The van der Waals surface area contributed by atoms with E-state index in [2.05, 4.69) is 15.6 Å². The molecular formula is C20H29IN4O4. The van der Waals surface area contributed by atoms with Crippen LogP contribution in [0.25, 0.3) is 0 Å². The minimum absolute atomic E-state index is 0. The van der Waals surface area contributed by atoms with Gasteiger partial charge < -0.3 is 30.3 Å². The molecule has 0 atom stereocenters. The lowest BCUT2D eigenvalue weighted by Gasteiger charge is -2.12. The van der Waals surface area contributed by atoms with Gasteiger partial charge in [-0.3, -0.25) is 9.79 Å². The summed E-state index contributed by atoms with van der Waals surface area (Å²) in [5.41, 5.74) is 6.36. The zero-order chi connectivity index (χ0) is 20.4. The number of carbonyl (C=O) groups excluding carboxylic acids is 1. The number of methoxy groups -OCH3 is 1. The number of nitrogens with one attached hydrogen (secondary N) is 2. The average molecular weight is 516 g/mol. The predicted molar refractivity (Wildman–Crippen MR) is 123 cm³/mol. The molecule has 1 heterocycles. The molecule has 0 bridgehead atoms. The van der Waals surface area contributed by atoms with Crippen molar-refractivity contribution in [2.24, 2.45) is 10.7 Å². The van der Waals surface area contributed by atoms with Crippen molar-refractivity contribution < 1.29 is 18.7 Å². The number of guanidine groups is 1. The lowest BCUT2D eigenvalue weighted by molar-refractivity contribution is 0.0972. The fraction of sp³-hybridized carbons (Fsp3) is 0.400. The number of primary amides is 1. The third-order valence-electron chi connectivity index (χ3n) is 4.02. The number of hydrogen-bond donors (Lipinski definition) is 3. The first kappa shape index (κ1) is 24.6. The highest BCUT2D eigenvalue weighted by atomic mass is 127. The number of hydrogen-bond acceptors (Lipinski definition) is 5. The number of halogens is 1. The highest BCUT2D eigenvalue weighted by Crippen LogP contribution is 2.28. The highest BCUT2D eigenvalue weighted by molar-refractivity contribution is 14.0. The summed E-state index contributed by atoms with van der Waals surface area (Å²) >= 11 is 0.